The zero-order valence-corrected chi connectivity index (χ0v) is 10.0. The van der Waals surface area contributed by atoms with Gasteiger partial charge in [0.25, 0.3) is 0 Å². The normalized spacial score (nSPS) is 10.4. The molecule has 0 saturated carbocycles. The van der Waals surface area contributed by atoms with Crippen LogP contribution in [-0.4, -0.2) is 21.9 Å². The highest BCUT2D eigenvalue weighted by molar-refractivity contribution is 7.71. The lowest BCUT2D eigenvalue weighted by Gasteiger charge is -2.06. The van der Waals surface area contributed by atoms with E-state index in [1.165, 1.54) is 0 Å². The smallest absolute Gasteiger partial charge is 0.195 e. The van der Waals surface area contributed by atoms with Crippen LogP contribution in [0.3, 0.4) is 0 Å². The molecule has 0 saturated heterocycles. The third-order valence-electron chi connectivity index (χ3n) is 2.42. The molecule has 0 spiro atoms. The summed E-state index contributed by atoms with van der Waals surface area (Å²) in [5.41, 5.74) is 1.14. The Balaban J connectivity index is 2.30. The molecule has 5 heteroatoms. The Morgan fingerprint density at radius 1 is 1.50 bits per heavy atom. The van der Waals surface area contributed by atoms with E-state index in [0.717, 1.165) is 17.1 Å². The zero-order chi connectivity index (χ0) is 11.5. The fraction of sp³-hybridized carbons (Fsp3) is 0.273. The summed E-state index contributed by atoms with van der Waals surface area (Å²) in [5, 5.41) is 6.84. The topological polar surface area (TPSA) is 42.8 Å². The van der Waals surface area contributed by atoms with E-state index in [9.17, 15) is 0 Å². The Morgan fingerprint density at radius 3 is 2.94 bits per heavy atom. The summed E-state index contributed by atoms with van der Waals surface area (Å²) in [6, 6.07) is 7.92. The van der Waals surface area contributed by atoms with Gasteiger partial charge in [0.05, 0.1) is 13.7 Å². The van der Waals surface area contributed by atoms with Crippen molar-refractivity contribution in [2.24, 2.45) is 0 Å². The van der Waals surface area contributed by atoms with Crippen LogP contribution in [0, 0.1) is 11.7 Å². The minimum absolute atomic E-state index is 0.639. The van der Waals surface area contributed by atoms with Crippen LogP contribution in [0.25, 0.3) is 0 Å². The summed E-state index contributed by atoms with van der Waals surface area (Å²) in [4.78, 5) is 0. The molecule has 16 heavy (non-hydrogen) atoms. The minimum atomic E-state index is 0.639. The standard InChI is InChI=1S/C11H13N3OS/c1-8-12-13-11(16)14(8)7-9-4-3-5-10(6-9)15-2/h3-6H,7H2,1-2H3,(H,13,16). The number of aromatic amines is 1. The van der Waals surface area contributed by atoms with E-state index in [0.29, 0.717) is 11.3 Å². The molecule has 0 aliphatic rings. The SMILES string of the molecule is COc1cccc(Cn2c(C)n[nH]c2=S)c1. The molecule has 1 N–H and O–H groups in total. The molecule has 0 amide bonds. The highest BCUT2D eigenvalue weighted by Crippen LogP contribution is 2.14. The van der Waals surface area contributed by atoms with Crippen LogP contribution in [0.4, 0.5) is 0 Å². The molecule has 0 radical (unpaired) electrons. The molecule has 84 valence electrons. The minimum Gasteiger partial charge on any atom is -0.497 e. The van der Waals surface area contributed by atoms with Crippen molar-refractivity contribution < 1.29 is 4.74 Å². The van der Waals surface area contributed by atoms with Gasteiger partial charge in [0.2, 0.25) is 0 Å². The van der Waals surface area contributed by atoms with E-state index < -0.39 is 0 Å². The molecule has 1 aromatic heterocycles. The number of ether oxygens (including phenoxy) is 1. The van der Waals surface area contributed by atoms with E-state index in [4.69, 9.17) is 17.0 Å². The number of H-pyrrole nitrogens is 1. The van der Waals surface area contributed by atoms with Gasteiger partial charge in [0.1, 0.15) is 11.6 Å². The third kappa shape index (κ3) is 2.14. The van der Waals surface area contributed by atoms with Crippen molar-refractivity contribution in [2.45, 2.75) is 13.5 Å². The van der Waals surface area contributed by atoms with Crippen LogP contribution >= 0.6 is 12.2 Å². The third-order valence-corrected chi connectivity index (χ3v) is 2.74. The maximum atomic E-state index is 5.18. The fourth-order valence-corrected chi connectivity index (χ4v) is 1.78. The molecule has 4 nitrogen and oxygen atoms in total. The predicted molar refractivity (Wildman–Crippen MR) is 64.2 cm³/mol. The maximum absolute atomic E-state index is 5.18. The average Bonchev–Trinajstić information content (AvgIpc) is 2.61. The second kappa shape index (κ2) is 4.49. The number of nitrogens with one attached hydrogen (secondary N) is 1. The lowest BCUT2D eigenvalue weighted by Crippen LogP contribution is -2.02. The summed E-state index contributed by atoms with van der Waals surface area (Å²) in [6.45, 7) is 2.63. The van der Waals surface area contributed by atoms with Crippen LogP contribution in [-0.2, 0) is 6.54 Å². The molecule has 0 atom stereocenters. The highest BCUT2D eigenvalue weighted by Gasteiger charge is 2.02. The van der Waals surface area contributed by atoms with Crippen molar-refractivity contribution in [1.29, 1.82) is 0 Å². The van der Waals surface area contributed by atoms with Gasteiger partial charge >= 0.3 is 0 Å². The van der Waals surface area contributed by atoms with E-state index in [-0.39, 0.29) is 0 Å². The van der Waals surface area contributed by atoms with Gasteiger partial charge < -0.3 is 4.74 Å². The Bertz CT molecular complexity index is 544. The Labute approximate surface area is 98.9 Å². The lowest BCUT2D eigenvalue weighted by molar-refractivity contribution is 0.414. The van der Waals surface area contributed by atoms with Gasteiger partial charge in [-0.05, 0) is 36.8 Å². The molecule has 1 aromatic carbocycles. The predicted octanol–water partition coefficient (Wildman–Crippen LogP) is 2.31. The number of rotatable bonds is 3. The van der Waals surface area contributed by atoms with Gasteiger partial charge in [-0.25, -0.2) is 0 Å². The maximum Gasteiger partial charge on any atom is 0.195 e. The van der Waals surface area contributed by atoms with Crippen LogP contribution in [0.15, 0.2) is 24.3 Å². The van der Waals surface area contributed by atoms with Gasteiger partial charge in [-0.15, -0.1) is 0 Å². The summed E-state index contributed by atoms with van der Waals surface area (Å²) in [7, 11) is 1.66. The second-order valence-corrected chi connectivity index (χ2v) is 3.90. The van der Waals surface area contributed by atoms with Crippen molar-refractivity contribution in [3.63, 3.8) is 0 Å². The van der Waals surface area contributed by atoms with Gasteiger partial charge in [-0.3, -0.25) is 9.67 Å². The Morgan fingerprint density at radius 2 is 2.31 bits per heavy atom. The number of hydrogen-bond donors (Lipinski definition) is 1. The van der Waals surface area contributed by atoms with E-state index in [1.54, 1.807) is 7.11 Å². The molecule has 0 unspecified atom stereocenters. The quantitative estimate of drug-likeness (QED) is 0.830. The summed E-state index contributed by atoms with van der Waals surface area (Å²) < 4.78 is 7.76. The zero-order valence-electron chi connectivity index (χ0n) is 9.23. The first-order chi connectivity index (χ1) is 7.70. The molecule has 0 bridgehead atoms. The summed E-state index contributed by atoms with van der Waals surface area (Å²) in [6.07, 6.45) is 0. The molecule has 2 aromatic rings. The number of nitrogens with zero attached hydrogens (tertiary/aromatic N) is 2. The second-order valence-electron chi connectivity index (χ2n) is 3.51. The van der Waals surface area contributed by atoms with E-state index in [1.807, 2.05) is 35.8 Å². The molecule has 0 aliphatic heterocycles. The van der Waals surface area contributed by atoms with Crippen LogP contribution in [0.1, 0.15) is 11.4 Å². The number of aromatic nitrogens is 3. The van der Waals surface area contributed by atoms with E-state index >= 15 is 0 Å². The van der Waals surface area contributed by atoms with E-state index in [2.05, 4.69) is 10.2 Å². The van der Waals surface area contributed by atoms with Gasteiger partial charge in [-0.1, -0.05) is 12.1 Å². The van der Waals surface area contributed by atoms with Crippen molar-refractivity contribution >= 4 is 12.2 Å². The van der Waals surface area contributed by atoms with Crippen molar-refractivity contribution in [3.05, 3.63) is 40.4 Å². The summed E-state index contributed by atoms with van der Waals surface area (Å²) in [5.74, 6) is 1.73. The molecule has 0 aliphatic carbocycles. The van der Waals surface area contributed by atoms with Crippen LogP contribution < -0.4 is 4.74 Å². The molecule has 1 heterocycles. The Hall–Kier alpha value is -1.62. The fourth-order valence-electron chi connectivity index (χ4n) is 1.54. The van der Waals surface area contributed by atoms with Crippen molar-refractivity contribution in [3.8, 4) is 5.75 Å². The van der Waals surface area contributed by atoms with Crippen LogP contribution in [0.2, 0.25) is 0 Å². The monoisotopic (exact) mass is 235 g/mol. The van der Waals surface area contributed by atoms with Crippen molar-refractivity contribution in [2.75, 3.05) is 7.11 Å². The van der Waals surface area contributed by atoms with Crippen molar-refractivity contribution in [1.82, 2.24) is 14.8 Å². The average molecular weight is 235 g/mol. The first-order valence-corrected chi connectivity index (χ1v) is 5.36. The molecule has 2 rings (SSSR count). The summed E-state index contributed by atoms with van der Waals surface area (Å²) >= 11 is 5.15. The number of hydrogen-bond acceptors (Lipinski definition) is 3. The first kappa shape index (κ1) is 10.9. The lowest BCUT2D eigenvalue weighted by atomic mass is 10.2. The first-order valence-electron chi connectivity index (χ1n) is 4.95. The highest BCUT2D eigenvalue weighted by atomic mass is 32.1. The van der Waals surface area contributed by atoms with Gasteiger partial charge in [0, 0.05) is 0 Å². The van der Waals surface area contributed by atoms with Gasteiger partial charge in [0.15, 0.2) is 4.77 Å². The number of aryl methyl sites for hydroxylation is 1. The Kier molecular flexibility index (Phi) is 3.05. The number of benzene rings is 1. The largest absolute Gasteiger partial charge is 0.497 e. The molecular weight excluding hydrogens is 222 g/mol. The van der Waals surface area contributed by atoms with Crippen LogP contribution in [0.5, 0.6) is 5.75 Å². The molecular formula is C11H13N3OS. The number of methoxy groups -OCH3 is 1. The van der Waals surface area contributed by atoms with Gasteiger partial charge in [-0.2, -0.15) is 5.10 Å². The molecule has 0 fully saturated rings.